The molecule has 0 aliphatic heterocycles. The molecule has 4 nitrogen and oxygen atoms in total. The maximum absolute atomic E-state index is 5.83. The highest BCUT2D eigenvalue weighted by molar-refractivity contribution is 5.68. The van der Waals surface area contributed by atoms with E-state index in [0.29, 0.717) is 6.61 Å². The maximum Gasteiger partial charge on any atom is 0.0686 e. The Hall–Kier alpha value is -1.81. The van der Waals surface area contributed by atoms with Gasteiger partial charge in [0.25, 0.3) is 0 Å². The van der Waals surface area contributed by atoms with Crippen LogP contribution in [0.1, 0.15) is 5.56 Å². The third-order valence-corrected chi connectivity index (χ3v) is 2.76. The zero-order chi connectivity index (χ0) is 12.3. The van der Waals surface area contributed by atoms with Gasteiger partial charge in [0.2, 0.25) is 0 Å². The predicted octanol–water partition coefficient (Wildman–Crippen LogP) is 2.09. The zero-order valence-corrected chi connectivity index (χ0v) is 10.2. The van der Waals surface area contributed by atoms with Gasteiger partial charge in [0.05, 0.1) is 18.8 Å². The van der Waals surface area contributed by atoms with E-state index in [1.165, 1.54) is 5.56 Å². The molecule has 0 fully saturated rings. The minimum atomic E-state index is 0.649. The van der Waals surface area contributed by atoms with Crippen molar-refractivity contribution in [3.63, 3.8) is 0 Å². The second-order valence-electron chi connectivity index (χ2n) is 4.01. The molecule has 2 N–H and O–H groups in total. The van der Waals surface area contributed by atoms with Crippen LogP contribution in [-0.4, -0.2) is 23.5 Å². The Balaban J connectivity index is 2.38. The smallest absolute Gasteiger partial charge is 0.0686 e. The maximum atomic E-state index is 5.83. The zero-order valence-electron chi connectivity index (χ0n) is 10.2. The van der Waals surface area contributed by atoms with Crippen LogP contribution in [0.3, 0.4) is 0 Å². The Labute approximate surface area is 101 Å². The number of nitrogens with zero attached hydrogens (tertiary/aromatic N) is 2. The van der Waals surface area contributed by atoms with Gasteiger partial charge in [0, 0.05) is 24.6 Å². The van der Waals surface area contributed by atoms with Gasteiger partial charge in [-0.25, -0.2) is 0 Å². The number of anilines is 1. The van der Waals surface area contributed by atoms with E-state index < -0.39 is 0 Å². The molecule has 0 unspecified atom stereocenters. The quantitative estimate of drug-likeness (QED) is 0.820. The van der Waals surface area contributed by atoms with Crippen LogP contribution in [0, 0.1) is 6.92 Å². The largest absolute Gasteiger partial charge is 0.399 e. The van der Waals surface area contributed by atoms with Gasteiger partial charge < -0.3 is 10.5 Å². The molecule has 1 heterocycles. The summed E-state index contributed by atoms with van der Waals surface area (Å²) in [7, 11) is 1.69. The highest BCUT2D eigenvalue weighted by Gasteiger charge is 2.08. The molecular formula is C13H17N3O. The standard InChI is InChI=1S/C13H17N3O/c1-10-3-4-11(14)9-12(10)13-5-6-15-16(13)7-8-17-2/h3-6,9H,7-8,14H2,1-2H3. The van der Waals surface area contributed by atoms with E-state index in [-0.39, 0.29) is 0 Å². The lowest BCUT2D eigenvalue weighted by Crippen LogP contribution is -2.07. The molecule has 2 rings (SSSR count). The van der Waals surface area contributed by atoms with Crippen LogP contribution in [0.2, 0.25) is 0 Å². The number of aromatic nitrogens is 2. The van der Waals surface area contributed by atoms with Crippen LogP contribution >= 0.6 is 0 Å². The van der Waals surface area contributed by atoms with Gasteiger partial charge in [-0.05, 0) is 30.7 Å². The van der Waals surface area contributed by atoms with Crippen molar-refractivity contribution in [3.05, 3.63) is 36.0 Å². The van der Waals surface area contributed by atoms with E-state index in [1.807, 2.05) is 28.9 Å². The van der Waals surface area contributed by atoms with Gasteiger partial charge in [-0.15, -0.1) is 0 Å². The monoisotopic (exact) mass is 231 g/mol. The number of hydrogen-bond donors (Lipinski definition) is 1. The van der Waals surface area contributed by atoms with Crippen molar-refractivity contribution >= 4 is 5.69 Å². The summed E-state index contributed by atoms with van der Waals surface area (Å²) in [6, 6.07) is 7.92. The Morgan fingerprint density at radius 2 is 2.18 bits per heavy atom. The molecule has 1 aromatic heterocycles. The fourth-order valence-electron chi connectivity index (χ4n) is 1.83. The lowest BCUT2D eigenvalue weighted by molar-refractivity contribution is 0.184. The first kappa shape index (κ1) is 11.7. The Morgan fingerprint density at radius 3 is 2.94 bits per heavy atom. The molecule has 0 saturated carbocycles. The highest BCUT2D eigenvalue weighted by atomic mass is 16.5. The number of hydrogen-bond acceptors (Lipinski definition) is 3. The minimum Gasteiger partial charge on any atom is -0.399 e. The van der Waals surface area contributed by atoms with Gasteiger partial charge in [-0.2, -0.15) is 5.10 Å². The van der Waals surface area contributed by atoms with Gasteiger partial charge in [0.15, 0.2) is 0 Å². The fourth-order valence-corrected chi connectivity index (χ4v) is 1.83. The third kappa shape index (κ3) is 2.47. The van der Waals surface area contributed by atoms with Crippen molar-refractivity contribution in [3.8, 4) is 11.3 Å². The molecule has 17 heavy (non-hydrogen) atoms. The lowest BCUT2D eigenvalue weighted by atomic mass is 10.0. The molecule has 0 spiro atoms. The molecule has 0 saturated heterocycles. The van der Waals surface area contributed by atoms with E-state index in [2.05, 4.69) is 12.0 Å². The van der Waals surface area contributed by atoms with Crippen molar-refractivity contribution in [2.24, 2.45) is 0 Å². The molecule has 90 valence electrons. The van der Waals surface area contributed by atoms with Crippen LogP contribution in [0.25, 0.3) is 11.3 Å². The molecule has 0 radical (unpaired) electrons. The number of aryl methyl sites for hydroxylation is 1. The van der Waals surface area contributed by atoms with E-state index in [4.69, 9.17) is 10.5 Å². The van der Waals surface area contributed by atoms with Crippen LogP contribution in [0.15, 0.2) is 30.5 Å². The second kappa shape index (κ2) is 5.01. The SMILES string of the molecule is COCCn1nccc1-c1cc(N)ccc1C. The van der Waals surface area contributed by atoms with Crippen molar-refractivity contribution < 1.29 is 4.74 Å². The van der Waals surface area contributed by atoms with E-state index in [9.17, 15) is 0 Å². The molecule has 0 aliphatic carbocycles. The first-order chi connectivity index (χ1) is 8.22. The normalized spacial score (nSPS) is 10.7. The molecule has 2 aromatic rings. The molecule has 0 aliphatic rings. The van der Waals surface area contributed by atoms with Crippen LogP contribution in [-0.2, 0) is 11.3 Å². The summed E-state index contributed by atoms with van der Waals surface area (Å²) in [6.07, 6.45) is 1.80. The fraction of sp³-hybridized carbons (Fsp3) is 0.308. The first-order valence-corrected chi connectivity index (χ1v) is 5.59. The highest BCUT2D eigenvalue weighted by Crippen LogP contribution is 2.25. The Bertz CT molecular complexity index is 505. The second-order valence-corrected chi connectivity index (χ2v) is 4.01. The third-order valence-electron chi connectivity index (χ3n) is 2.76. The van der Waals surface area contributed by atoms with Crippen LogP contribution in [0.4, 0.5) is 5.69 Å². The minimum absolute atomic E-state index is 0.649. The number of rotatable bonds is 4. The van der Waals surface area contributed by atoms with Crippen molar-refractivity contribution in [2.75, 3.05) is 19.5 Å². The van der Waals surface area contributed by atoms with Gasteiger partial charge in [-0.1, -0.05) is 6.07 Å². The molecule has 4 heteroatoms. The number of nitrogen functional groups attached to an aromatic ring is 1. The van der Waals surface area contributed by atoms with Crippen LogP contribution < -0.4 is 5.73 Å². The summed E-state index contributed by atoms with van der Waals surface area (Å²) >= 11 is 0. The Kier molecular flexibility index (Phi) is 3.44. The van der Waals surface area contributed by atoms with Crippen molar-refractivity contribution in [1.29, 1.82) is 0 Å². The average Bonchev–Trinajstić information content (AvgIpc) is 2.77. The number of methoxy groups -OCH3 is 1. The van der Waals surface area contributed by atoms with E-state index >= 15 is 0 Å². The summed E-state index contributed by atoms with van der Waals surface area (Å²) in [5, 5.41) is 4.30. The Morgan fingerprint density at radius 1 is 1.35 bits per heavy atom. The average molecular weight is 231 g/mol. The van der Waals surface area contributed by atoms with Crippen molar-refractivity contribution in [1.82, 2.24) is 9.78 Å². The van der Waals surface area contributed by atoms with E-state index in [0.717, 1.165) is 23.5 Å². The van der Waals surface area contributed by atoms with Crippen molar-refractivity contribution in [2.45, 2.75) is 13.5 Å². The van der Waals surface area contributed by atoms with Gasteiger partial charge >= 0.3 is 0 Å². The molecule has 0 atom stereocenters. The first-order valence-electron chi connectivity index (χ1n) is 5.59. The summed E-state index contributed by atoms with van der Waals surface area (Å²) in [5.74, 6) is 0. The topological polar surface area (TPSA) is 53.1 Å². The summed E-state index contributed by atoms with van der Waals surface area (Å²) < 4.78 is 7.01. The lowest BCUT2D eigenvalue weighted by Gasteiger charge is -2.10. The summed E-state index contributed by atoms with van der Waals surface area (Å²) in [5.41, 5.74) is 9.99. The predicted molar refractivity (Wildman–Crippen MR) is 68.7 cm³/mol. The summed E-state index contributed by atoms with van der Waals surface area (Å²) in [4.78, 5) is 0. The molecule has 1 aromatic carbocycles. The molecule has 0 amide bonds. The summed E-state index contributed by atoms with van der Waals surface area (Å²) in [6.45, 7) is 3.46. The van der Waals surface area contributed by atoms with Gasteiger partial charge in [-0.3, -0.25) is 4.68 Å². The number of benzene rings is 1. The molecular weight excluding hydrogens is 214 g/mol. The van der Waals surface area contributed by atoms with Gasteiger partial charge in [0.1, 0.15) is 0 Å². The number of ether oxygens (including phenoxy) is 1. The van der Waals surface area contributed by atoms with Crippen LogP contribution in [0.5, 0.6) is 0 Å². The number of nitrogens with two attached hydrogens (primary N) is 1. The molecule has 0 bridgehead atoms. The van der Waals surface area contributed by atoms with E-state index in [1.54, 1.807) is 13.3 Å².